The third-order valence-electron chi connectivity index (χ3n) is 3.51. The predicted molar refractivity (Wildman–Crippen MR) is 85.7 cm³/mol. The Balaban J connectivity index is 1.58. The molecule has 0 saturated carbocycles. The summed E-state index contributed by atoms with van der Waals surface area (Å²) in [5.41, 5.74) is 2.36. The highest BCUT2D eigenvalue weighted by Crippen LogP contribution is 2.18. The fraction of sp³-hybridized carbons (Fsp3) is 0.235. The van der Waals surface area contributed by atoms with Crippen LogP contribution in [0, 0.1) is 0 Å². The normalized spacial score (nSPS) is 14.0. The predicted octanol–water partition coefficient (Wildman–Crippen LogP) is 3.01. The van der Waals surface area contributed by atoms with Gasteiger partial charge in [0.15, 0.2) is 0 Å². The van der Waals surface area contributed by atoms with E-state index < -0.39 is 0 Å². The van der Waals surface area contributed by atoms with Crippen molar-refractivity contribution >= 4 is 11.5 Å². The van der Waals surface area contributed by atoms with Gasteiger partial charge in [-0.3, -0.25) is 5.01 Å². The molecule has 1 aliphatic heterocycles. The minimum atomic E-state index is 0.783. The number of methoxy groups -OCH3 is 1. The van der Waals surface area contributed by atoms with Gasteiger partial charge in [0.05, 0.1) is 12.8 Å². The number of nitrogens with one attached hydrogen (secondary N) is 1. The van der Waals surface area contributed by atoms with E-state index in [1.54, 1.807) is 7.11 Å². The molecular weight excluding hydrogens is 262 g/mol. The van der Waals surface area contributed by atoms with E-state index in [0.29, 0.717) is 0 Å². The lowest BCUT2D eigenvalue weighted by atomic mass is 10.2. The molecule has 2 aromatic carbocycles. The number of nitrogens with zero attached hydrogens (tertiary/aromatic N) is 2. The van der Waals surface area contributed by atoms with Gasteiger partial charge in [0.2, 0.25) is 0 Å². The summed E-state index contributed by atoms with van der Waals surface area (Å²) >= 11 is 0. The Morgan fingerprint density at radius 1 is 1.10 bits per heavy atom. The molecule has 0 aromatic heterocycles. The first kappa shape index (κ1) is 13.5. The number of amidine groups is 1. The number of para-hydroxylation sites is 1. The second-order valence-corrected chi connectivity index (χ2v) is 4.96. The lowest BCUT2D eigenvalue weighted by Gasteiger charge is -2.12. The molecule has 0 spiro atoms. The van der Waals surface area contributed by atoms with Crippen LogP contribution in [0.15, 0.2) is 59.7 Å². The number of anilines is 1. The Hall–Kier alpha value is -2.49. The van der Waals surface area contributed by atoms with Crippen molar-refractivity contribution in [2.24, 2.45) is 5.10 Å². The number of hydrazone groups is 1. The van der Waals surface area contributed by atoms with Crippen LogP contribution >= 0.6 is 0 Å². The molecule has 0 bridgehead atoms. The SMILES string of the molecule is COc1ccc(CNC2=NN(c3ccccc3)CC2)cc1. The average Bonchev–Trinajstić information content (AvgIpc) is 3.03. The van der Waals surface area contributed by atoms with Gasteiger partial charge < -0.3 is 10.1 Å². The van der Waals surface area contributed by atoms with Crippen LogP contribution in [0.1, 0.15) is 12.0 Å². The molecule has 0 aliphatic carbocycles. The summed E-state index contributed by atoms with van der Waals surface area (Å²) in [7, 11) is 1.68. The first-order valence-electron chi connectivity index (χ1n) is 7.12. The first-order valence-corrected chi connectivity index (χ1v) is 7.12. The highest BCUT2D eigenvalue weighted by Gasteiger charge is 2.15. The monoisotopic (exact) mass is 281 g/mol. The second kappa shape index (κ2) is 6.31. The number of rotatable bonds is 4. The molecule has 0 saturated heterocycles. The van der Waals surface area contributed by atoms with Gasteiger partial charge in [-0.2, -0.15) is 5.10 Å². The van der Waals surface area contributed by atoms with Crippen molar-refractivity contribution in [3.05, 3.63) is 60.2 Å². The van der Waals surface area contributed by atoms with E-state index in [-0.39, 0.29) is 0 Å². The Morgan fingerprint density at radius 2 is 1.86 bits per heavy atom. The van der Waals surface area contributed by atoms with Gasteiger partial charge in [0.25, 0.3) is 0 Å². The summed E-state index contributed by atoms with van der Waals surface area (Å²) in [6.07, 6.45) is 0.949. The maximum absolute atomic E-state index is 5.16. The Kier molecular flexibility index (Phi) is 4.05. The van der Waals surface area contributed by atoms with Crippen LogP contribution < -0.4 is 15.1 Å². The zero-order valence-electron chi connectivity index (χ0n) is 12.1. The number of hydrogen-bond donors (Lipinski definition) is 1. The van der Waals surface area contributed by atoms with E-state index in [1.165, 1.54) is 5.56 Å². The molecule has 1 heterocycles. The minimum absolute atomic E-state index is 0.783. The molecule has 1 N–H and O–H groups in total. The molecule has 1 aliphatic rings. The van der Waals surface area contributed by atoms with Crippen molar-refractivity contribution in [3.63, 3.8) is 0 Å². The summed E-state index contributed by atoms with van der Waals surface area (Å²) in [4.78, 5) is 0. The molecule has 108 valence electrons. The summed E-state index contributed by atoms with van der Waals surface area (Å²) in [6.45, 7) is 1.71. The van der Waals surface area contributed by atoms with Crippen molar-refractivity contribution in [3.8, 4) is 5.75 Å². The molecule has 0 unspecified atom stereocenters. The van der Waals surface area contributed by atoms with Crippen molar-refractivity contribution in [2.45, 2.75) is 13.0 Å². The average molecular weight is 281 g/mol. The molecular formula is C17H19N3O. The fourth-order valence-electron chi connectivity index (χ4n) is 2.32. The molecule has 4 heteroatoms. The van der Waals surface area contributed by atoms with Crippen LogP contribution in [0.5, 0.6) is 5.75 Å². The molecule has 21 heavy (non-hydrogen) atoms. The van der Waals surface area contributed by atoms with Crippen LogP contribution in [0.3, 0.4) is 0 Å². The van der Waals surface area contributed by atoms with Crippen LogP contribution in [-0.2, 0) is 6.54 Å². The summed E-state index contributed by atoms with van der Waals surface area (Å²) in [5, 5.41) is 10.1. The summed E-state index contributed by atoms with van der Waals surface area (Å²) < 4.78 is 5.16. The van der Waals surface area contributed by atoms with E-state index in [0.717, 1.165) is 36.8 Å². The van der Waals surface area contributed by atoms with Gasteiger partial charge in [-0.25, -0.2) is 0 Å². The third-order valence-corrected chi connectivity index (χ3v) is 3.51. The lowest BCUT2D eigenvalue weighted by molar-refractivity contribution is 0.414. The smallest absolute Gasteiger partial charge is 0.124 e. The van der Waals surface area contributed by atoms with Crippen molar-refractivity contribution in [2.75, 3.05) is 18.7 Å². The van der Waals surface area contributed by atoms with E-state index in [2.05, 4.69) is 34.7 Å². The van der Waals surface area contributed by atoms with Gasteiger partial charge in [-0.1, -0.05) is 30.3 Å². The van der Waals surface area contributed by atoms with E-state index in [9.17, 15) is 0 Å². The highest BCUT2D eigenvalue weighted by molar-refractivity contribution is 5.85. The molecule has 3 rings (SSSR count). The second-order valence-electron chi connectivity index (χ2n) is 4.96. The van der Waals surface area contributed by atoms with Crippen LogP contribution in [0.4, 0.5) is 5.69 Å². The maximum Gasteiger partial charge on any atom is 0.124 e. The number of ether oxygens (including phenoxy) is 1. The van der Waals surface area contributed by atoms with Gasteiger partial charge in [0.1, 0.15) is 11.6 Å². The van der Waals surface area contributed by atoms with E-state index in [4.69, 9.17) is 4.74 Å². The zero-order chi connectivity index (χ0) is 14.5. The quantitative estimate of drug-likeness (QED) is 0.936. The summed E-state index contributed by atoms with van der Waals surface area (Å²) in [6, 6.07) is 18.3. The number of hydrogen-bond acceptors (Lipinski definition) is 4. The van der Waals surface area contributed by atoms with Crippen LogP contribution in [-0.4, -0.2) is 19.5 Å². The Labute approximate surface area is 125 Å². The highest BCUT2D eigenvalue weighted by atomic mass is 16.5. The molecule has 4 nitrogen and oxygen atoms in total. The molecule has 0 amide bonds. The van der Waals surface area contributed by atoms with Crippen molar-refractivity contribution in [1.82, 2.24) is 5.32 Å². The van der Waals surface area contributed by atoms with Crippen LogP contribution in [0.25, 0.3) is 0 Å². The molecule has 0 radical (unpaired) electrons. The van der Waals surface area contributed by atoms with Gasteiger partial charge in [0, 0.05) is 19.5 Å². The first-order chi connectivity index (χ1) is 10.3. The van der Waals surface area contributed by atoms with Gasteiger partial charge in [-0.15, -0.1) is 0 Å². The van der Waals surface area contributed by atoms with Crippen molar-refractivity contribution in [1.29, 1.82) is 0 Å². The lowest BCUT2D eigenvalue weighted by Crippen LogP contribution is -2.20. The largest absolute Gasteiger partial charge is 0.497 e. The molecule has 2 aromatic rings. The number of benzene rings is 2. The van der Waals surface area contributed by atoms with Gasteiger partial charge >= 0.3 is 0 Å². The maximum atomic E-state index is 5.16. The standard InChI is InChI=1S/C17H19N3O/c1-21-16-9-7-14(8-10-16)13-18-17-11-12-20(19-17)15-5-3-2-4-6-15/h2-10H,11-13H2,1H3,(H,18,19). The van der Waals surface area contributed by atoms with E-state index >= 15 is 0 Å². The summed E-state index contributed by atoms with van der Waals surface area (Å²) in [5.74, 6) is 1.92. The van der Waals surface area contributed by atoms with E-state index in [1.807, 2.05) is 35.3 Å². The Morgan fingerprint density at radius 3 is 2.57 bits per heavy atom. The molecule has 0 atom stereocenters. The molecule has 0 fully saturated rings. The van der Waals surface area contributed by atoms with Crippen LogP contribution in [0.2, 0.25) is 0 Å². The Bertz CT molecular complexity index is 608. The van der Waals surface area contributed by atoms with Gasteiger partial charge in [-0.05, 0) is 29.8 Å². The third kappa shape index (κ3) is 3.34. The topological polar surface area (TPSA) is 36.9 Å². The minimum Gasteiger partial charge on any atom is -0.497 e. The zero-order valence-corrected chi connectivity index (χ0v) is 12.1. The van der Waals surface area contributed by atoms with Crippen molar-refractivity contribution < 1.29 is 4.74 Å². The fourth-order valence-corrected chi connectivity index (χ4v) is 2.32.